The first-order chi connectivity index (χ1) is 17.6. The molecule has 6 rings (SSSR count). The van der Waals surface area contributed by atoms with Crippen molar-refractivity contribution in [2.24, 2.45) is 34.5 Å². The Morgan fingerprint density at radius 1 is 1.03 bits per heavy atom. The second-order valence-corrected chi connectivity index (χ2v) is 13.7. The fourth-order valence-electron chi connectivity index (χ4n) is 9.92. The van der Waals surface area contributed by atoms with Crippen LogP contribution in [0, 0.1) is 34.5 Å². The maximum Gasteiger partial charge on any atom is 0.410 e. The van der Waals surface area contributed by atoms with Crippen molar-refractivity contribution in [2.75, 3.05) is 39.8 Å². The number of cyclic esters (lactones) is 1. The molecule has 6 aliphatic rings. The zero-order valence-corrected chi connectivity index (χ0v) is 23.0. The van der Waals surface area contributed by atoms with Crippen LogP contribution in [0.2, 0.25) is 0 Å². The summed E-state index contributed by atoms with van der Waals surface area (Å²) in [4.78, 5) is 29.0. The number of carbonyl (C=O) groups is 2. The lowest BCUT2D eigenvalue weighted by atomic mass is 9.43. The Hall–Kier alpha value is -1.60. The lowest BCUT2D eigenvalue weighted by Gasteiger charge is -2.63. The number of likely N-dealkylation sites (N-methyl/N-ethyl adjacent to an activating group) is 1. The summed E-state index contributed by atoms with van der Waals surface area (Å²) < 4.78 is 11.4. The topological polar surface area (TPSA) is 79.3 Å². The number of fused-ring (bicyclic) bond motifs is 5. The van der Waals surface area contributed by atoms with Gasteiger partial charge in [0.2, 0.25) is 0 Å². The molecule has 37 heavy (non-hydrogen) atoms. The lowest BCUT2D eigenvalue weighted by molar-refractivity contribution is -0.208. The van der Waals surface area contributed by atoms with Gasteiger partial charge in [-0.3, -0.25) is 0 Å². The molecular weight excluding hydrogens is 468 g/mol. The van der Waals surface area contributed by atoms with Crippen molar-refractivity contribution >= 4 is 12.1 Å². The molecule has 0 aromatic rings. The number of nitrogens with zero attached hydrogens (tertiary/aromatic N) is 2. The smallest absolute Gasteiger partial charge is 0.410 e. The van der Waals surface area contributed by atoms with Crippen molar-refractivity contribution in [3.05, 3.63) is 11.6 Å². The van der Waals surface area contributed by atoms with Gasteiger partial charge in [-0.2, -0.15) is 0 Å². The van der Waals surface area contributed by atoms with Crippen molar-refractivity contribution in [3.8, 4) is 0 Å². The van der Waals surface area contributed by atoms with E-state index in [1.165, 1.54) is 0 Å². The second-order valence-electron chi connectivity index (χ2n) is 13.7. The minimum absolute atomic E-state index is 0.0164. The van der Waals surface area contributed by atoms with Crippen LogP contribution in [0.25, 0.3) is 0 Å². The molecule has 4 aliphatic carbocycles. The Balaban J connectivity index is 1.13. The van der Waals surface area contributed by atoms with Gasteiger partial charge in [0, 0.05) is 31.1 Å². The molecule has 4 saturated carbocycles. The maximum absolute atomic E-state index is 13.0. The number of ether oxygens (including phenoxy) is 2. The standard InChI is InChI=1S/C30H46N2O5/c1-28-10-7-22(37-27(34)32-14-4-13-31(3)15-16-32)18-21(28)5-6-25-24(28)8-11-29(2)23(9-12-30(25,29)35)20-17-26(33)36-19-20/h17,21-25,35H,4-16,18-19H2,1-3H3/t21-,22+,23-,24+,25-,28+,29-,30+/m1/s1. The molecule has 0 bridgehead atoms. The lowest BCUT2D eigenvalue weighted by Crippen LogP contribution is -2.62. The van der Waals surface area contributed by atoms with Crippen LogP contribution in [0.1, 0.15) is 78.1 Å². The summed E-state index contributed by atoms with van der Waals surface area (Å²) in [5.74, 6) is 1.38. The minimum Gasteiger partial charge on any atom is -0.458 e. The van der Waals surface area contributed by atoms with Crippen LogP contribution < -0.4 is 0 Å². The fraction of sp³-hybridized carbons (Fsp3) is 0.867. The van der Waals surface area contributed by atoms with E-state index in [4.69, 9.17) is 9.47 Å². The molecule has 7 nitrogen and oxygen atoms in total. The SMILES string of the molecule is CN1CCCN(C(=O)O[C@H]2CC[C@@]3(C)[C@H](CC[C@@H]4[C@@H]3CC[C@]3(C)[C@@H](C5=CC(=O)OC5)CC[C@]43O)C2)CC1. The Bertz CT molecular complexity index is 968. The molecule has 0 spiro atoms. The number of carbonyl (C=O) groups excluding carboxylic acids is 2. The first kappa shape index (κ1) is 25.7. The molecule has 0 aromatic heterocycles. The van der Waals surface area contributed by atoms with Gasteiger partial charge < -0.3 is 24.4 Å². The van der Waals surface area contributed by atoms with E-state index in [2.05, 4.69) is 25.8 Å². The van der Waals surface area contributed by atoms with Gasteiger partial charge in [-0.1, -0.05) is 13.8 Å². The molecule has 0 radical (unpaired) electrons. The Kier molecular flexibility index (Phi) is 6.42. The summed E-state index contributed by atoms with van der Waals surface area (Å²) in [6.45, 7) is 8.65. The summed E-state index contributed by atoms with van der Waals surface area (Å²) in [6, 6.07) is 0. The highest BCUT2D eigenvalue weighted by Crippen LogP contribution is 2.70. The highest BCUT2D eigenvalue weighted by molar-refractivity contribution is 5.85. The first-order valence-corrected chi connectivity index (χ1v) is 14.9. The van der Waals surface area contributed by atoms with E-state index < -0.39 is 5.60 Å². The van der Waals surface area contributed by atoms with Crippen LogP contribution in [0.3, 0.4) is 0 Å². The van der Waals surface area contributed by atoms with Crippen molar-refractivity contribution in [2.45, 2.75) is 89.8 Å². The van der Waals surface area contributed by atoms with E-state index in [1.807, 2.05) is 4.90 Å². The van der Waals surface area contributed by atoms with E-state index >= 15 is 0 Å². The van der Waals surface area contributed by atoms with Gasteiger partial charge >= 0.3 is 12.1 Å². The second kappa shape index (κ2) is 9.25. The molecule has 1 N–H and O–H groups in total. The van der Waals surface area contributed by atoms with Gasteiger partial charge in [-0.05, 0) is 112 Å². The van der Waals surface area contributed by atoms with Gasteiger partial charge in [-0.25, -0.2) is 9.59 Å². The van der Waals surface area contributed by atoms with Gasteiger partial charge in [0.05, 0.1) is 5.60 Å². The van der Waals surface area contributed by atoms with Crippen LogP contribution in [0.4, 0.5) is 4.79 Å². The highest BCUT2D eigenvalue weighted by atomic mass is 16.6. The average Bonchev–Trinajstić information content (AvgIpc) is 3.32. The van der Waals surface area contributed by atoms with Gasteiger partial charge in [0.15, 0.2) is 0 Å². The van der Waals surface area contributed by atoms with Gasteiger partial charge in [0.25, 0.3) is 0 Å². The van der Waals surface area contributed by atoms with Crippen LogP contribution >= 0.6 is 0 Å². The maximum atomic E-state index is 13.0. The Morgan fingerprint density at radius 3 is 2.65 bits per heavy atom. The summed E-state index contributed by atoms with van der Waals surface area (Å²) >= 11 is 0. The van der Waals surface area contributed by atoms with E-state index in [0.29, 0.717) is 24.4 Å². The molecule has 1 saturated heterocycles. The van der Waals surface area contributed by atoms with E-state index in [0.717, 1.165) is 96.0 Å². The third kappa shape index (κ3) is 4.05. The number of hydrogen-bond acceptors (Lipinski definition) is 6. The number of esters is 1. The number of hydrogen-bond donors (Lipinski definition) is 1. The predicted octanol–water partition coefficient (Wildman–Crippen LogP) is 4.39. The van der Waals surface area contributed by atoms with E-state index in [-0.39, 0.29) is 34.9 Å². The zero-order chi connectivity index (χ0) is 26.0. The number of aliphatic hydroxyl groups is 1. The first-order valence-electron chi connectivity index (χ1n) is 14.9. The van der Waals surface area contributed by atoms with Crippen molar-refractivity contribution in [1.82, 2.24) is 9.80 Å². The molecular formula is C30H46N2O5. The third-order valence-corrected chi connectivity index (χ3v) is 12.2. The largest absolute Gasteiger partial charge is 0.458 e. The Labute approximate surface area is 221 Å². The predicted molar refractivity (Wildman–Crippen MR) is 140 cm³/mol. The molecule has 8 atom stereocenters. The molecule has 0 unspecified atom stereocenters. The average molecular weight is 515 g/mol. The van der Waals surface area contributed by atoms with Crippen LogP contribution in [-0.4, -0.2) is 78.5 Å². The highest BCUT2D eigenvalue weighted by Gasteiger charge is 2.67. The van der Waals surface area contributed by atoms with Crippen molar-refractivity contribution in [3.63, 3.8) is 0 Å². The zero-order valence-electron chi connectivity index (χ0n) is 23.0. The molecule has 7 heteroatoms. The van der Waals surface area contributed by atoms with Crippen LogP contribution in [0.5, 0.6) is 0 Å². The molecule has 206 valence electrons. The summed E-state index contributed by atoms with van der Waals surface area (Å²) in [6.07, 6.45) is 11.6. The summed E-state index contributed by atoms with van der Waals surface area (Å²) in [5.41, 5.74) is 0.424. The molecule has 5 fully saturated rings. The van der Waals surface area contributed by atoms with Crippen molar-refractivity contribution < 1.29 is 24.2 Å². The Morgan fingerprint density at radius 2 is 1.86 bits per heavy atom. The van der Waals surface area contributed by atoms with Gasteiger partial charge in [0.1, 0.15) is 12.7 Å². The summed E-state index contributed by atoms with van der Waals surface area (Å²) in [7, 11) is 2.12. The molecule has 1 amide bonds. The minimum atomic E-state index is -0.676. The van der Waals surface area contributed by atoms with Crippen LogP contribution in [0.15, 0.2) is 11.6 Å². The summed E-state index contributed by atoms with van der Waals surface area (Å²) in [5, 5.41) is 12.4. The number of rotatable bonds is 2. The van der Waals surface area contributed by atoms with Gasteiger partial charge in [-0.15, -0.1) is 0 Å². The van der Waals surface area contributed by atoms with E-state index in [9.17, 15) is 14.7 Å². The molecule has 2 heterocycles. The van der Waals surface area contributed by atoms with E-state index in [1.54, 1.807) is 6.08 Å². The molecule has 2 aliphatic heterocycles. The number of amides is 1. The third-order valence-electron chi connectivity index (χ3n) is 12.2. The monoisotopic (exact) mass is 514 g/mol. The quantitative estimate of drug-likeness (QED) is 0.551. The van der Waals surface area contributed by atoms with Crippen LogP contribution in [-0.2, 0) is 14.3 Å². The molecule has 0 aromatic carbocycles. The normalized spacial score (nSPS) is 46.3. The fourth-order valence-corrected chi connectivity index (χ4v) is 9.92. The van der Waals surface area contributed by atoms with Crippen molar-refractivity contribution in [1.29, 1.82) is 0 Å².